The van der Waals surface area contributed by atoms with Crippen molar-refractivity contribution in [2.24, 2.45) is 4.99 Å². The first-order valence-electron chi connectivity index (χ1n) is 8.25. The van der Waals surface area contributed by atoms with Gasteiger partial charge in [0.25, 0.3) is 0 Å². The van der Waals surface area contributed by atoms with Gasteiger partial charge in [-0.3, -0.25) is 4.99 Å². The largest absolute Gasteiger partial charge is 0.493 e. The van der Waals surface area contributed by atoms with E-state index < -0.39 is 6.61 Å². The molecule has 0 saturated heterocycles. The van der Waals surface area contributed by atoms with Crippen LogP contribution in [0.25, 0.3) is 0 Å². The number of nitrogens with zero attached hydrogens (tertiary/aromatic N) is 1. The van der Waals surface area contributed by atoms with Crippen molar-refractivity contribution in [2.45, 2.75) is 19.7 Å². The van der Waals surface area contributed by atoms with Crippen LogP contribution in [0.15, 0.2) is 47.5 Å². The topological polar surface area (TPSA) is 64.1 Å². The Bertz CT molecular complexity index is 770. The third kappa shape index (κ3) is 6.02. The summed E-state index contributed by atoms with van der Waals surface area (Å²) in [5.74, 6) is 1.95. The Morgan fingerprint density at radius 3 is 2.33 bits per heavy atom. The monoisotopic (exact) mass is 379 g/mol. The maximum absolute atomic E-state index is 12.5. The molecule has 0 saturated carbocycles. The number of aliphatic imine (C=N–C) groups is 1. The van der Waals surface area contributed by atoms with Crippen molar-refractivity contribution < 1.29 is 23.0 Å². The van der Waals surface area contributed by atoms with Crippen LogP contribution in [0, 0.1) is 0 Å². The van der Waals surface area contributed by atoms with Gasteiger partial charge in [-0.1, -0.05) is 24.3 Å². The molecule has 0 aromatic heterocycles. The molecule has 2 aromatic carbocycles. The van der Waals surface area contributed by atoms with E-state index in [2.05, 4.69) is 20.4 Å². The lowest BCUT2D eigenvalue weighted by Crippen LogP contribution is -2.36. The van der Waals surface area contributed by atoms with Crippen LogP contribution in [0.5, 0.6) is 17.2 Å². The predicted octanol–water partition coefficient (Wildman–Crippen LogP) is 3.17. The molecule has 0 bridgehead atoms. The van der Waals surface area contributed by atoms with E-state index in [1.165, 1.54) is 6.07 Å². The molecule has 0 aliphatic rings. The standard InChI is InChI=1S/C19H23F2N3O3/c1-22-19(23-11-13-8-9-16(25-2)17(10-13)26-3)24-12-14-6-4-5-7-15(14)27-18(20)21/h4-10,18H,11-12H2,1-3H3,(H2,22,23,24). The van der Waals surface area contributed by atoms with Gasteiger partial charge in [0.15, 0.2) is 17.5 Å². The van der Waals surface area contributed by atoms with Crippen LogP contribution in [0.4, 0.5) is 8.78 Å². The lowest BCUT2D eigenvalue weighted by Gasteiger charge is -2.15. The summed E-state index contributed by atoms with van der Waals surface area (Å²) in [4.78, 5) is 4.13. The van der Waals surface area contributed by atoms with Gasteiger partial charge in [0, 0.05) is 25.7 Å². The third-order valence-electron chi connectivity index (χ3n) is 3.77. The van der Waals surface area contributed by atoms with E-state index in [4.69, 9.17) is 9.47 Å². The van der Waals surface area contributed by atoms with Gasteiger partial charge in [-0.2, -0.15) is 8.78 Å². The highest BCUT2D eigenvalue weighted by atomic mass is 19.3. The van der Waals surface area contributed by atoms with Crippen molar-refractivity contribution in [2.75, 3.05) is 21.3 Å². The van der Waals surface area contributed by atoms with E-state index >= 15 is 0 Å². The molecule has 2 rings (SSSR count). The van der Waals surface area contributed by atoms with Crippen LogP contribution in [0.2, 0.25) is 0 Å². The molecular weight excluding hydrogens is 356 g/mol. The van der Waals surface area contributed by atoms with Crippen molar-refractivity contribution >= 4 is 5.96 Å². The molecule has 0 fully saturated rings. The van der Waals surface area contributed by atoms with Gasteiger partial charge < -0.3 is 24.8 Å². The van der Waals surface area contributed by atoms with Gasteiger partial charge in [0.05, 0.1) is 14.2 Å². The zero-order valence-electron chi connectivity index (χ0n) is 15.5. The Kier molecular flexibility index (Phi) is 7.66. The summed E-state index contributed by atoms with van der Waals surface area (Å²) >= 11 is 0. The van der Waals surface area contributed by atoms with E-state index in [9.17, 15) is 8.78 Å². The maximum Gasteiger partial charge on any atom is 0.387 e. The maximum atomic E-state index is 12.5. The molecule has 0 spiro atoms. The highest BCUT2D eigenvalue weighted by Gasteiger charge is 2.10. The number of nitrogens with one attached hydrogen (secondary N) is 2. The summed E-state index contributed by atoms with van der Waals surface area (Å²) in [6, 6.07) is 12.2. The zero-order valence-corrected chi connectivity index (χ0v) is 15.5. The van der Waals surface area contributed by atoms with Crippen LogP contribution in [-0.4, -0.2) is 33.8 Å². The molecule has 0 heterocycles. The van der Waals surface area contributed by atoms with Gasteiger partial charge in [-0.15, -0.1) is 0 Å². The van der Waals surface area contributed by atoms with Crippen molar-refractivity contribution in [3.8, 4) is 17.2 Å². The van der Waals surface area contributed by atoms with Gasteiger partial charge in [0.1, 0.15) is 5.75 Å². The molecule has 2 aromatic rings. The first-order valence-corrected chi connectivity index (χ1v) is 8.25. The van der Waals surface area contributed by atoms with E-state index in [0.29, 0.717) is 29.6 Å². The van der Waals surface area contributed by atoms with E-state index in [0.717, 1.165) is 5.56 Å². The smallest absolute Gasteiger partial charge is 0.387 e. The Labute approximate surface area is 157 Å². The quantitative estimate of drug-likeness (QED) is 0.545. The first-order chi connectivity index (χ1) is 13.1. The molecule has 0 amide bonds. The molecule has 0 atom stereocenters. The highest BCUT2D eigenvalue weighted by molar-refractivity contribution is 5.79. The number of halogens is 2. The number of hydrogen-bond donors (Lipinski definition) is 2. The zero-order chi connectivity index (χ0) is 19.6. The fourth-order valence-corrected chi connectivity index (χ4v) is 2.44. The van der Waals surface area contributed by atoms with Gasteiger partial charge >= 0.3 is 6.61 Å². The summed E-state index contributed by atoms with van der Waals surface area (Å²) < 4.78 is 40.0. The summed E-state index contributed by atoms with van der Waals surface area (Å²) in [5.41, 5.74) is 1.57. The van der Waals surface area contributed by atoms with Crippen molar-refractivity contribution in [1.82, 2.24) is 10.6 Å². The minimum atomic E-state index is -2.87. The fraction of sp³-hybridized carbons (Fsp3) is 0.316. The second-order valence-corrected chi connectivity index (χ2v) is 5.45. The third-order valence-corrected chi connectivity index (χ3v) is 3.77. The summed E-state index contributed by atoms with van der Waals surface area (Å²) in [6.07, 6.45) is 0. The lowest BCUT2D eigenvalue weighted by molar-refractivity contribution is -0.0504. The normalized spacial score (nSPS) is 11.3. The molecule has 0 aliphatic heterocycles. The second kappa shape index (κ2) is 10.2. The number of hydrogen-bond acceptors (Lipinski definition) is 4. The SMILES string of the molecule is CN=C(NCc1ccc(OC)c(OC)c1)NCc1ccccc1OC(F)F. The molecule has 6 nitrogen and oxygen atoms in total. The number of para-hydroxylation sites is 1. The van der Waals surface area contributed by atoms with Gasteiger partial charge in [-0.05, 0) is 23.8 Å². The van der Waals surface area contributed by atoms with Gasteiger partial charge in [-0.25, -0.2) is 0 Å². The molecule has 0 aliphatic carbocycles. The Balaban J connectivity index is 1.95. The van der Waals surface area contributed by atoms with Crippen molar-refractivity contribution in [3.63, 3.8) is 0 Å². The number of alkyl halides is 2. The highest BCUT2D eigenvalue weighted by Crippen LogP contribution is 2.27. The molecule has 146 valence electrons. The average Bonchev–Trinajstić information content (AvgIpc) is 2.68. The van der Waals surface area contributed by atoms with Crippen molar-refractivity contribution in [1.29, 1.82) is 0 Å². The summed E-state index contributed by atoms with van der Waals surface area (Å²) in [7, 11) is 4.79. The number of ether oxygens (including phenoxy) is 3. The summed E-state index contributed by atoms with van der Waals surface area (Å²) in [5, 5.41) is 6.24. The van der Waals surface area contributed by atoms with Crippen LogP contribution in [0.1, 0.15) is 11.1 Å². The number of benzene rings is 2. The lowest BCUT2D eigenvalue weighted by atomic mass is 10.2. The van der Waals surface area contributed by atoms with Crippen LogP contribution in [0.3, 0.4) is 0 Å². The average molecular weight is 379 g/mol. The Morgan fingerprint density at radius 1 is 0.963 bits per heavy atom. The molecule has 8 heteroatoms. The molecule has 27 heavy (non-hydrogen) atoms. The summed E-state index contributed by atoms with van der Waals surface area (Å²) in [6.45, 7) is -2.09. The fourth-order valence-electron chi connectivity index (χ4n) is 2.44. The molecule has 0 radical (unpaired) electrons. The van der Waals surface area contributed by atoms with Crippen LogP contribution in [-0.2, 0) is 13.1 Å². The van der Waals surface area contributed by atoms with E-state index in [1.54, 1.807) is 39.5 Å². The van der Waals surface area contributed by atoms with E-state index in [-0.39, 0.29) is 12.3 Å². The molecule has 2 N–H and O–H groups in total. The Morgan fingerprint density at radius 2 is 1.67 bits per heavy atom. The number of methoxy groups -OCH3 is 2. The number of rotatable bonds is 8. The second-order valence-electron chi connectivity index (χ2n) is 5.45. The Hall–Kier alpha value is -3.03. The predicted molar refractivity (Wildman–Crippen MR) is 99.7 cm³/mol. The first kappa shape index (κ1) is 20.3. The molecular formula is C19H23F2N3O3. The van der Waals surface area contributed by atoms with Crippen molar-refractivity contribution in [3.05, 3.63) is 53.6 Å². The minimum absolute atomic E-state index is 0.135. The number of guanidine groups is 1. The van der Waals surface area contributed by atoms with Gasteiger partial charge in [0.2, 0.25) is 0 Å². The minimum Gasteiger partial charge on any atom is -0.493 e. The van der Waals surface area contributed by atoms with Crippen LogP contribution < -0.4 is 24.8 Å². The molecule has 0 unspecified atom stereocenters. The van der Waals surface area contributed by atoms with E-state index in [1.807, 2.05) is 18.2 Å². The van der Waals surface area contributed by atoms with Crippen LogP contribution >= 0.6 is 0 Å².